The molecule has 7 heteroatoms. The van der Waals surface area contributed by atoms with Crippen molar-refractivity contribution in [2.45, 2.75) is 0 Å². The predicted molar refractivity (Wildman–Crippen MR) is 98.4 cm³/mol. The largest absolute Gasteiger partial charge is 0.306 e. The number of nitrogens with zero attached hydrogens (tertiary/aromatic N) is 3. The molecular weight excluding hydrogens is 342 g/mol. The second-order valence-corrected chi connectivity index (χ2v) is 5.85. The van der Waals surface area contributed by atoms with E-state index in [0.717, 1.165) is 5.56 Å². The highest BCUT2D eigenvalue weighted by atomic mass is 35.5. The van der Waals surface area contributed by atoms with E-state index in [2.05, 4.69) is 4.99 Å². The van der Waals surface area contributed by atoms with Crippen LogP contribution < -0.4 is 4.90 Å². The topological polar surface area (TPSA) is 75.8 Å². The lowest BCUT2D eigenvalue weighted by Crippen LogP contribution is -2.31. The number of benzodiazepines with no additional fused rings is 1. The lowest BCUT2D eigenvalue weighted by atomic mass is 10.1. The fourth-order valence-electron chi connectivity index (χ4n) is 2.51. The first kappa shape index (κ1) is 16.9. The van der Waals surface area contributed by atoms with Crippen LogP contribution in [0.2, 0.25) is 5.02 Å². The van der Waals surface area contributed by atoms with E-state index in [4.69, 9.17) is 11.6 Å². The number of carbonyl (C=O) groups is 1. The average molecular weight is 356 g/mol. The molecule has 0 saturated heterocycles. The Morgan fingerprint density at radius 2 is 2.00 bits per heavy atom. The van der Waals surface area contributed by atoms with E-state index in [1.807, 2.05) is 12.1 Å². The summed E-state index contributed by atoms with van der Waals surface area (Å²) in [4.78, 5) is 28.8. The standard InChI is InChI=1S/C18H14ClN3O3/c19-15-4-1-13(2-5-15)3-8-18(23)21-10-9-20-12-14-11-16(22(24)25)6-7-17(14)21/h1-8,11-12H,9-10H2/b8-3+. The Kier molecular flexibility index (Phi) is 4.90. The van der Waals surface area contributed by atoms with Gasteiger partial charge >= 0.3 is 0 Å². The minimum atomic E-state index is -0.467. The summed E-state index contributed by atoms with van der Waals surface area (Å²) in [6.45, 7) is 0.841. The third-order valence-electron chi connectivity index (χ3n) is 3.75. The van der Waals surface area contributed by atoms with E-state index in [-0.39, 0.29) is 11.6 Å². The Bertz CT molecular complexity index is 876. The van der Waals surface area contributed by atoms with Crippen molar-refractivity contribution in [3.05, 3.63) is 74.8 Å². The van der Waals surface area contributed by atoms with E-state index in [1.54, 1.807) is 35.4 Å². The minimum Gasteiger partial charge on any atom is -0.306 e. The lowest BCUT2D eigenvalue weighted by molar-refractivity contribution is -0.384. The van der Waals surface area contributed by atoms with Crippen molar-refractivity contribution in [3.8, 4) is 0 Å². The molecule has 0 fully saturated rings. The molecule has 3 rings (SSSR count). The quantitative estimate of drug-likeness (QED) is 0.478. The Morgan fingerprint density at radius 3 is 2.72 bits per heavy atom. The second kappa shape index (κ2) is 7.27. The highest BCUT2D eigenvalue weighted by Crippen LogP contribution is 2.26. The van der Waals surface area contributed by atoms with Gasteiger partial charge in [0.05, 0.1) is 17.2 Å². The third kappa shape index (κ3) is 3.92. The maximum absolute atomic E-state index is 12.6. The van der Waals surface area contributed by atoms with Crippen LogP contribution in [0.25, 0.3) is 6.08 Å². The normalized spacial score (nSPS) is 13.6. The van der Waals surface area contributed by atoms with Gasteiger partial charge in [0.2, 0.25) is 0 Å². The fourth-order valence-corrected chi connectivity index (χ4v) is 2.63. The SMILES string of the molecule is O=C(/C=C/c1ccc(Cl)cc1)N1CCN=Cc2cc([N+](=O)[O-])ccc21. The van der Waals surface area contributed by atoms with Crippen molar-refractivity contribution in [1.29, 1.82) is 0 Å². The molecular formula is C18H14ClN3O3. The molecule has 0 aromatic heterocycles. The van der Waals surface area contributed by atoms with Gasteiger partial charge in [-0.05, 0) is 29.8 Å². The van der Waals surface area contributed by atoms with Gasteiger partial charge < -0.3 is 4.90 Å². The fraction of sp³-hybridized carbons (Fsp3) is 0.111. The third-order valence-corrected chi connectivity index (χ3v) is 4.00. The summed E-state index contributed by atoms with van der Waals surface area (Å²) in [5, 5.41) is 11.6. The molecule has 1 heterocycles. The summed E-state index contributed by atoms with van der Waals surface area (Å²) < 4.78 is 0. The number of anilines is 1. The molecule has 2 aromatic carbocycles. The first-order valence-electron chi connectivity index (χ1n) is 7.58. The van der Waals surface area contributed by atoms with Gasteiger partial charge in [0.15, 0.2) is 0 Å². The molecule has 126 valence electrons. The summed E-state index contributed by atoms with van der Waals surface area (Å²) in [7, 11) is 0. The zero-order valence-corrected chi connectivity index (χ0v) is 13.9. The highest BCUT2D eigenvalue weighted by molar-refractivity contribution is 6.30. The van der Waals surface area contributed by atoms with Gasteiger partial charge in [-0.3, -0.25) is 19.9 Å². The molecule has 2 aromatic rings. The number of amides is 1. The Hall–Kier alpha value is -2.99. The van der Waals surface area contributed by atoms with Crippen LogP contribution in [0.4, 0.5) is 11.4 Å². The number of non-ortho nitro benzene ring substituents is 1. The van der Waals surface area contributed by atoms with E-state index in [1.165, 1.54) is 18.2 Å². The summed E-state index contributed by atoms with van der Waals surface area (Å²) in [6, 6.07) is 11.5. The van der Waals surface area contributed by atoms with E-state index in [0.29, 0.717) is 29.4 Å². The van der Waals surface area contributed by atoms with Crippen LogP contribution in [0.5, 0.6) is 0 Å². The zero-order chi connectivity index (χ0) is 17.8. The maximum Gasteiger partial charge on any atom is 0.270 e. The first-order valence-corrected chi connectivity index (χ1v) is 7.96. The van der Waals surface area contributed by atoms with Crippen molar-refractivity contribution >= 4 is 41.2 Å². The molecule has 0 unspecified atom stereocenters. The van der Waals surface area contributed by atoms with E-state index < -0.39 is 4.92 Å². The predicted octanol–water partition coefficient (Wildman–Crippen LogP) is 3.73. The minimum absolute atomic E-state index is 0.0313. The molecule has 0 spiro atoms. The van der Waals surface area contributed by atoms with Crippen LogP contribution in [0.15, 0.2) is 53.5 Å². The molecule has 0 bridgehead atoms. The van der Waals surface area contributed by atoms with Crippen molar-refractivity contribution < 1.29 is 9.72 Å². The molecule has 25 heavy (non-hydrogen) atoms. The average Bonchev–Trinajstić information content (AvgIpc) is 2.82. The number of nitro benzene ring substituents is 1. The number of halogens is 1. The Morgan fingerprint density at radius 1 is 1.24 bits per heavy atom. The van der Waals surface area contributed by atoms with Crippen molar-refractivity contribution in [3.63, 3.8) is 0 Å². The molecule has 0 N–H and O–H groups in total. The number of nitro groups is 1. The van der Waals surface area contributed by atoms with Gasteiger partial charge in [-0.25, -0.2) is 0 Å². The number of benzene rings is 2. The van der Waals surface area contributed by atoms with Crippen LogP contribution >= 0.6 is 11.6 Å². The molecule has 1 amide bonds. The Balaban J connectivity index is 1.86. The lowest BCUT2D eigenvalue weighted by Gasteiger charge is -2.20. The molecule has 0 saturated carbocycles. The van der Waals surface area contributed by atoms with Crippen LogP contribution in [0.1, 0.15) is 11.1 Å². The number of rotatable bonds is 3. The monoisotopic (exact) mass is 355 g/mol. The molecule has 1 aliphatic heterocycles. The molecule has 0 aliphatic carbocycles. The Labute approximate surface area is 149 Å². The number of hydrogen-bond donors (Lipinski definition) is 0. The second-order valence-electron chi connectivity index (χ2n) is 5.41. The maximum atomic E-state index is 12.6. The van der Waals surface area contributed by atoms with Gasteiger partial charge in [0.1, 0.15) is 0 Å². The molecule has 6 nitrogen and oxygen atoms in total. The first-order chi connectivity index (χ1) is 12.0. The smallest absolute Gasteiger partial charge is 0.270 e. The van der Waals surface area contributed by atoms with Crippen LogP contribution in [-0.2, 0) is 4.79 Å². The number of hydrogen-bond acceptors (Lipinski definition) is 4. The van der Waals surface area contributed by atoms with Crippen LogP contribution in [-0.4, -0.2) is 30.1 Å². The molecule has 1 aliphatic rings. The summed E-state index contributed by atoms with van der Waals surface area (Å²) in [5.74, 6) is -0.212. The van der Waals surface area contributed by atoms with Crippen LogP contribution in [0.3, 0.4) is 0 Å². The van der Waals surface area contributed by atoms with Gasteiger partial charge in [-0.15, -0.1) is 0 Å². The zero-order valence-electron chi connectivity index (χ0n) is 13.1. The summed E-state index contributed by atoms with van der Waals surface area (Å²) >= 11 is 5.84. The van der Waals surface area contributed by atoms with Gasteiger partial charge in [0, 0.05) is 41.6 Å². The van der Waals surface area contributed by atoms with Crippen LogP contribution in [0, 0.1) is 10.1 Å². The number of aliphatic imine (C=N–C) groups is 1. The number of fused-ring (bicyclic) bond motifs is 1. The molecule has 0 radical (unpaired) electrons. The highest BCUT2D eigenvalue weighted by Gasteiger charge is 2.20. The summed E-state index contributed by atoms with van der Waals surface area (Å²) in [6.07, 6.45) is 4.74. The van der Waals surface area contributed by atoms with Gasteiger partial charge in [-0.1, -0.05) is 23.7 Å². The van der Waals surface area contributed by atoms with Gasteiger partial charge in [0.25, 0.3) is 11.6 Å². The molecule has 0 atom stereocenters. The summed E-state index contributed by atoms with van der Waals surface area (Å²) in [5.41, 5.74) is 1.99. The van der Waals surface area contributed by atoms with Crippen molar-refractivity contribution in [2.75, 3.05) is 18.0 Å². The number of carbonyl (C=O) groups excluding carboxylic acids is 1. The van der Waals surface area contributed by atoms with E-state index in [9.17, 15) is 14.9 Å². The van der Waals surface area contributed by atoms with E-state index >= 15 is 0 Å². The van der Waals surface area contributed by atoms with Crippen molar-refractivity contribution in [2.24, 2.45) is 4.99 Å². The van der Waals surface area contributed by atoms with Crippen molar-refractivity contribution in [1.82, 2.24) is 0 Å². The van der Waals surface area contributed by atoms with Gasteiger partial charge in [-0.2, -0.15) is 0 Å².